The molecule has 0 fully saturated rings. The molecule has 10 aromatic carbocycles. The van der Waals surface area contributed by atoms with Crippen molar-refractivity contribution in [2.75, 3.05) is 0 Å². The van der Waals surface area contributed by atoms with Crippen LogP contribution in [0.25, 0.3) is 132 Å². The van der Waals surface area contributed by atoms with Crippen LogP contribution in [0.4, 0.5) is 0 Å². The van der Waals surface area contributed by atoms with Gasteiger partial charge in [-0.15, -0.1) is 0 Å². The average Bonchev–Trinajstić information content (AvgIpc) is 4.15. The lowest BCUT2D eigenvalue weighted by Crippen LogP contribution is -1.97. The van der Waals surface area contributed by atoms with Gasteiger partial charge < -0.3 is 22.7 Å². The fourth-order valence-electron chi connectivity index (χ4n) is 11.2. The highest BCUT2D eigenvalue weighted by atomic mass is 16.3. The lowest BCUT2D eigenvalue weighted by molar-refractivity contribution is 0.668. The van der Waals surface area contributed by atoms with Crippen LogP contribution in [0, 0.1) is 0 Å². The maximum absolute atomic E-state index is 6.42. The van der Waals surface area contributed by atoms with Crippen LogP contribution in [0.3, 0.4) is 0 Å². The van der Waals surface area contributed by atoms with Crippen LogP contribution in [0.1, 0.15) is 0 Å². The van der Waals surface area contributed by atoms with Gasteiger partial charge in [-0.1, -0.05) is 109 Å². The molecule has 15 aromatic rings. The van der Waals surface area contributed by atoms with Gasteiger partial charge in [0.1, 0.15) is 11.2 Å². The molecule has 0 radical (unpaired) electrons. The number of hydrogen-bond acceptors (Lipinski definition) is 1. The van der Waals surface area contributed by atoms with E-state index in [0.717, 1.165) is 66.8 Å². The molecule has 0 aliphatic carbocycles. The second kappa shape index (κ2) is 12.9. The predicted molar refractivity (Wildman–Crippen MR) is 271 cm³/mol. The van der Waals surface area contributed by atoms with Crippen LogP contribution in [0.2, 0.25) is 0 Å². The molecule has 0 N–H and O–H groups in total. The summed E-state index contributed by atoms with van der Waals surface area (Å²) >= 11 is 0. The van der Waals surface area contributed by atoms with Crippen molar-refractivity contribution in [1.29, 1.82) is 0 Å². The van der Waals surface area contributed by atoms with E-state index in [9.17, 15) is 0 Å². The fourth-order valence-corrected chi connectivity index (χ4v) is 11.2. The first kappa shape index (κ1) is 34.7. The van der Waals surface area contributed by atoms with Gasteiger partial charge in [-0.2, -0.15) is 0 Å². The Bertz CT molecular complexity index is 4290. The van der Waals surface area contributed by atoms with Crippen molar-refractivity contribution in [1.82, 2.24) is 18.3 Å². The maximum atomic E-state index is 6.42. The molecule has 0 saturated heterocycles. The van der Waals surface area contributed by atoms with Crippen LogP contribution in [0.5, 0.6) is 0 Å². The van der Waals surface area contributed by atoms with Crippen molar-refractivity contribution in [3.05, 3.63) is 218 Å². The molecule has 0 bridgehead atoms. The molecule has 0 saturated carbocycles. The van der Waals surface area contributed by atoms with Gasteiger partial charge in [0.05, 0.1) is 44.1 Å². The number of aromatic nitrogens is 4. The van der Waals surface area contributed by atoms with Crippen LogP contribution in [-0.4, -0.2) is 18.3 Å². The summed E-state index contributed by atoms with van der Waals surface area (Å²) in [6.07, 6.45) is 0. The van der Waals surface area contributed by atoms with E-state index in [1.54, 1.807) is 0 Å². The Morgan fingerprint density at radius 1 is 0.200 bits per heavy atom. The highest BCUT2D eigenvalue weighted by Gasteiger charge is 2.23. The summed E-state index contributed by atoms with van der Waals surface area (Å²) in [6, 6.07) is 79.7. The normalized spacial score (nSPS) is 12.3. The molecule has 5 nitrogen and oxygen atoms in total. The van der Waals surface area contributed by atoms with Crippen molar-refractivity contribution in [3.63, 3.8) is 0 Å². The van der Waals surface area contributed by atoms with Gasteiger partial charge in [0.15, 0.2) is 0 Å². The van der Waals surface area contributed by atoms with Gasteiger partial charge >= 0.3 is 0 Å². The zero-order chi connectivity index (χ0) is 42.3. The fraction of sp³-hybridized carbons (Fsp3) is 0. The summed E-state index contributed by atoms with van der Waals surface area (Å²) in [7, 11) is 0. The van der Waals surface area contributed by atoms with Gasteiger partial charge in [-0.25, -0.2) is 0 Å². The van der Waals surface area contributed by atoms with Gasteiger partial charge in [0.2, 0.25) is 0 Å². The van der Waals surface area contributed by atoms with Crippen molar-refractivity contribution < 1.29 is 4.42 Å². The first-order valence-electron chi connectivity index (χ1n) is 22.3. The summed E-state index contributed by atoms with van der Waals surface area (Å²) in [5.74, 6) is 0. The molecule has 65 heavy (non-hydrogen) atoms. The van der Waals surface area contributed by atoms with Crippen molar-refractivity contribution in [2.45, 2.75) is 0 Å². The minimum atomic E-state index is 0.884. The van der Waals surface area contributed by atoms with Gasteiger partial charge in [-0.05, 0) is 103 Å². The van der Waals surface area contributed by atoms with Crippen LogP contribution in [0.15, 0.2) is 223 Å². The number of para-hydroxylation sites is 6. The van der Waals surface area contributed by atoms with Crippen molar-refractivity contribution >= 4 is 109 Å². The third-order valence-corrected chi connectivity index (χ3v) is 13.9. The minimum absolute atomic E-state index is 0.884. The molecule has 5 heteroatoms. The zero-order valence-electron chi connectivity index (χ0n) is 35.0. The third kappa shape index (κ3) is 4.76. The zero-order valence-corrected chi connectivity index (χ0v) is 35.0. The largest absolute Gasteiger partial charge is 0.456 e. The van der Waals surface area contributed by atoms with E-state index in [1.807, 2.05) is 12.1 Å². The molecule has 0 spiro atoms. The molecule has 5 heterocycles. The van der Waals surface area contributed by atoms with Crippen LogP contribution >= 0.6 is 0 Å². The summed E-state index contributed by atoms with van der Waals surface area (Å²) in [5.41, 5.74) is 15.6. The molecular formula is C60H36N4O. The Morgan fingerprint density at radius 2 is 0.569 bits per heavy atom. The molecule has 0 aliphatic rings. The minimum Gasteiger partial charge on any atom is -0.456 e. The summed E-state index contributed by atoms with van der Waals surface area (Å²) in [6.45, 7) is 0. The Morgan fingerprint density at radius 3 is 1.12 bits per heavy atom. The third-order valence-electron chi connectivity index (χ3n) is 13.9. The van der Waals surface area contributed by atoms with E-state index in [1.165, 1.54) is 65.2 Å². The van der Waals surface area contributed by atoms with Gasteiger partial charge in [0, 0.05) is 82.7 Å². The lowest BCUT2D eigenvalue weighted by Gasteiger charge is -2.12. The molecule has 0 unspecified atom stereocenters. The highest BCUT2D eigenvalue weighted by Crippen LogP contribution is 2.44. The van der Waals surface area contributed by atoms with Crippen LogP contribution in [-0.2, 0) is 0 Å². The number of rotatable bonds is 4. The summed E-state index contributed by atoms with van der Waals surface area (Å²) in [5, 5.41) is 12.1. The standard InChI is InChI=1S/C60H36N4O/c1-3-15-37(16-4-1)61-51-23-11-8-20-42(51)47-33-49-50-34-48-43-21-9-12-24-52(43)62(38-17-5-2-6-18-38)56(48)36-58(50)64(57(49)35-55(47)61)39-28-30-54-46(31-39)41-19-7-13-25-53(41)63(54)40-27-29-45-44-22-10-14-26-59(44)65-60(45)32-40/h1-36H. The Hall–Kier alpha value is -8.80. The molecular weight excluding hydrogens is 793 g/mol. The SMILES string of the molecule is c1ccc(-n2c3ccccc3c3cc4c5cc6c7ccccc7n(-c7ccccc7)c6cc5n(-c5ccc6c(c5)c5ccccc5n6-c5ccc6c(c5)oc5ccccc56)c4cc32)cc1. The average molecular weight is 829 g/mol. The molecule has 0 aliphatic heterocycles. The van der Waals surface area contributed by atoms with Crippen molar-refractivity contribution in [2.24, 2.45) is 0 Å². The predicted octanol–water partition coefficient (Wildman–Crippen LogP) is 16.0. The topological polar surface area (TPSA) is 32.9 Å². The van der Waals surface area contributed by atoms with E-state index >= 15 is 0 Å². The number of furan rings is 1. The first-order chi connectivity index (χ1) is 32.2. The van der Waals surface area contributed by atoms with E-state index in [-0.39, 0.29) is 0 Å². The summed E-state index contributed by atoms with van der Waals surface area (Å²) < 4.78 is 16.2. The van der Waals surface area contributed by atoms with E-state index in [0.29, 0.717) is 0 Å². The maximum Gasteiger partial charge on any atom is 0.137 e. The van der Waals surface area contributed by atoms with Gasteiger partial charge in [-0.3, -0.25) is 0 Å². The monoisotopic (exact) mass is 828 g/mol. The lowest BCUT2D eigenvalue weighted by atomic mass is 10.1. The Labute approximate surface area is 371 Å². The molecule has 0 amide bonds. The molecule has 5 aromatic heterocycles. The van der Waals surface area contributed by atoms with E-state index < -0.39 is 0 Å². The number of hydrogen-bond donors (Lipinski definition) is 0. The van der Waals surface area contributed by atoms with Crippen molar-refractivity contribution in [3.8, 4) is 22.7 Å². The Balaban J connectivity index is 1.06. The smallest absolute Gasteiger partial charge is 0.137 e. The van der Waals surface area contributed by atoms with E-state index in [4.69, 9.17) is 4.42 Å². The van der Waals surface area contributed by atoms with Crippen LogP contribution < -0.4 is 0 Å². The number of nitrogens with zero attached hydrogens (tertiary/aromatic N) is 4. The molecule has 15 rings (SSSR count). The molecule has 302 valence electrons. The highest BCUT2D eigenvalue weighted by molar-refractivity contribution is 6.23. The van der Waals surface area contributed by atoms with Gasteiger partial charge in [0.25, 0.3) is 0 Å². The number of benzene rings is 10. The summed E-state index contributed by atoms with van der Waals surface area (Å²) in [4.78, 5) is 0. The second-order valence-corrected chi connectivity index (χ2v) is 17.3. The van der Waals surface area contributed by atoms with E-state index in [2.05, 4.69) is 225 Å². The molecule has 0 atom stereocenters. The Kier molecular flexibility index (Phi) is 6.89. The quantitative estimate of drug-likeness (QED) is 0.174. The number of fused-ring (bicyclic) bond motifs is 15. The second-order valence-electron chi connectivity index (χ2n) is 17.3. The first-order valence-corrected chi connectivity index (χ1v) is 22.3.